The lowest BCUT2D eigenvalue weighted by molar-refractivity contribution is 0.245. The smallest absolute Gasteiger partial charge is 0.0681 e. The first-order chi connectivity index (χ1) is 8.28. The van der Waals surface area contributed by atoms with Crippen LogP contribution in [0.5, 0.6) is 0 Å². The number of hydrogen-bond acceptors (Lipinski definition) is 3. The van der Waals surface area contributed by atoms with Crippen molar-refractivity contribution in [2.24, 2.45) is 5.41 Å². The number of hydrogen-bond donors (Lipinski definition) is 3. The van der Waals surface area contributed by atoms with Crippen molar-refractivity contribution in [2.45, 2.75) is 32.4 Å². The van der Waals surface area contributed by atoms with Crippen LogP contribution in [0, 0.1) is 5.41 Å². The van der Waals surface area contributed by atoms with Gasteiger partial charge in [0.15, 0.2) is 0 Å². The third-order valence-corrected chi connectivity index (χ3v) is 3.63. The summed E-state index contributed by atoms with van der Waals surface area (Å²) in [5.41, 5.74) is 2.56. The van der Waals surface area contributed by atoms with E-state index in [1.54, 1.807) is 0 Å². The molecule has 1 aromatic carbocycles. The maximum Gasteiger partial charge on any atom is 0.0681 e. The van der Waals surface area contributed by atoms with E-state index in [0.717, 1.165) is 25.1 Å². The van der Waals surface area contributed by atoms with E-state index in [1.807, 2.05) is 24.3 Å². The fourth-order valence-electron chi connectivity index (χ4n) is 2.16. The van der Waals surface area contributed by atoms with E-state index >= 15 is 0 Å². The van der Waals surface area contributed by atoms with Gasteiger partial charge >= 0.3 is 0 Å². The summed E-state index contributed by atoms with van der Waals surface area (Å²) in [5.74, 6) is 0. The molecule has 1 aliphatic rings. The van der Waals surface area contributed by atoms with Crippen LogP contribution in [0.4, 0.5) is 0 Å². The van der Waals surface area contributed by atoms with Crippen LogP contribution in [0.25, 0.3) is 0 Å². The quantitative estimate of drug-likeness (QED) is 0.670. The van der Waals surface area contributed by atoms with E-state index in [4.69, 9.17) is 10.2 Å². The van der Waals surface area contributed by atoms with Gasteiger partial charge in [-0.3, -0.25) is 0 Å². The molecule has 0 radical (unpaired) electrons. The Labute approximate surface area is 102 Å². The fourth-order valence-corrected chi connectivity index (χ4v) is 2.16. The summed E-state index contributed by atoms with van der Waals surface area (Å²) in [7, 11) is 0. The lowest BCUT2D eigenvalue weighted by Crippen LogP contribution is -2.24. The van der Waals surface area contributed by atoms with Crippen molar-refractivity contribution in [1.82, 2.24) is 5.32 Å². The van der Waals surface area contributed by atoms with Gasteiger partial charge in [0.2, 0.25) is 0 Å². The molecular weight excluding hydrogens is 214 g/mol. The maximum atomic E-state index is 8.96. The predicted molar refractivity (Wildman–Crippen MR) is 67.4 cm³/mol. The lowest BCUT2D eigenvalue weighted by Gasteiger charge is -2.14. The number of nitrogens with one attached hydrogen (secondary N) is 1. The summed E-state index contributed by atoms with van der Waals surface area (Å²) in [6.07, 6.45) is 3.40. The molecule has 3 heteroatoms. The molecule has 94 valence electrons. The van der Waals surface area contributed by atoms with Crippen LogP contribution in [-0.2, 0) is 13.2 Å². The Bertz CT molecular complexity index is 344. The summed E-state index contributed by atoms with van der Waals surface area (Å²) < 4.78 is 0. The molecule has 0 saturated heterocycles. The van der Waals surface area contributed by atoms with E-state index in [2.05, 4.69) is 5.32 Å². The Balaban J connectivity index is 1.74. The molecular formula is C14H21NO2. The standard InChI is InChI=1S/C14H21NO2/c16-8-7-14(5-6-14)11-15-9-12-1-3-13(10-17)4-2-12/h1-4,15-17H,5-11H2. The van der Waals surface area contributed by atoms with Gasteiger partial charge in [0.05, 0.1) is 6.61 Å². The maximum absolute atomic E-state index is 8.96. The van der Waals surface area contributed by atoms with Crippen molar-refractivity contribution >= 4 is 0 Å². The Morgan fingerprint density at radius 1 is 1.06 bits per heavy atom. The summed E-state index contributed by atoms with van der Waals surface area (Å²) in [6, 6.07) is 8.00. The van der Waals surface area contributed by atoms with Gasteiger partial charge in [0.25, 0.3) is 0 Å². The van der Waals surface area contributed by atoms with Crippen LogP contribution >= 0.6 is 0 Å². The number of benzene rings is 1. The average Bonchev–Trinajstić information content (AvgIpc) is 3.11. The van der Waals surface area contributed by atoms with Gasteiger partial charge in [-0.15, -0.1) is 0 Å². The second-order valence-corrected chi connectivity index (χ2v) is 5.05. The van der Waals surface area contributed by atoms with Crippen LogP contribution < -0.4 is 5.32 Å². The zero-order valence-corrected chi connectivity index (χ0v) is 10.2. The molecule has 0 aromatic heterocycles. The SMILES string of the molecule is OCCC1(CNCc2ccc(CO)cc2)CC1. The van der Waals surface area contributed by atoms with Crippen LogP contribution in [0.15, 0.2) is 24.3 Å². The molecule has 3 nitrogen and oxygen atoms in total. The number of aliphatic hydroxyl groups is 2. The van der Waals surface area contributed by atoms with Gasteiger partial charge in [-0.1, -0.05) is 24.3 Å². The summed E-state index contributed by atoms with van der Waals surface area (Å²) in [6.45, 7) is 2.26. The first kappa shape index (κ1) is 12.6. The number of rotatable bonds is 7. The highest BCUT2D eigenvalue weighted by Crippen LogP contribution is 2.47. The highest BCUT2D eigenvalue weighted by atomic mass is 16.3. The molecule has 1 fully saturated rings. The number of aliphatic hydroxyl groups excluding tert-OH is 2. The molecule has 3 N–H and O–H groups in total. The van der Waals surface area contributed by atoms with E-state index in [-0.39, 0.29) is 6.61 Å². The topological polar surface area (TPSA) is 52.5 Å². The molecule has 0 unspecified atom stereocenters. The molecule has 2 rings (SSSR count). The minimum absolute atomic E-state index is 0.104. The van der Waals surface area contributed by atoms with Gasteiger partial charge in [0, 0.05) is 19.7 Å². The zero-order chi connectivity index (χ0) is 12.1. The molecule has 0 atom stereocenters. The third kappa shape index (κ3) is 3.53. The van der Waals surface area contributed by atoms with Crippen molar-refractivity contribution in [1.29, 1.82) is 0 Å². The normalized spacial score (nSPS) is 17.1. The minimum Gasteiger partial charge on any atom is -0.396 e. The highest BCUT2D eigenvalue weighted by molar-refractivity contribution is 5.21. The molecule has 0 heterocycles. The van der Waals surface area contributed by atoms with E-state index in [1.165, 1.54) is 18.4 Å². The van der Waals surface area contributed by atoms with E-state index in [0.29, 0.717) is 12.0 Å². The lowest BCUT2D eigenvalue weighted by atomic mass is 10.0. The van der Waals surface area contributed by atoms with Crippen LogP contribution in [0.3, 0.4) is 0 Å². The Morgan fingerprint density at radius 2 is 1.71 bits per heavy atom. The summed E-state index contributed by atoms with van der Waals surface area (Å²) >= 11 is 0. The predicted octanol–water partition coefficient (Wildman–Crippen LogP) is 1.43. The van der Waals surface area contributed by atoms with Crippen molar-refractivity contribution in [3.05, 3.63) is 35.4 Å². The largest absolute Gasteiger partial charge is 0.396 e. The van der Waals surface area contributed by atoms with E-state index < -0.39 is 0 Å². The Morgan fingerprint density at radius 3 is 2.24 bits per heavy atom. The van der Waals surface area contributed by atoms with Gasteiger partial charge in [0.1, 0.15) is 0 Å². The van der Waals surface area contributed by atoms with E-state index in [9.17, 15) is 0 Å². The Kier molecular flexibility index (Phi) is 4.15. The second-order valence-electron chi connectivity index (χ2n) is 5.05. The second kappa shape index (κ2) is 5.63. The van der Waals surface area contributed by atoms with Gasteiger partial charge in [-0.25, -0.2) is 0 Å². The minimum atomic E-state index is 0.104. The molecule has 1 aliphatic carbocycles. The molecule has 0 aliphatic heterocycles. The molecule has 1 saturated carbocycles. The summed E-state index contributed by atoms with van der Waals surface area (Å²) in [5, 5.41) is 21.4. The van der Waals surface area contributed by atoms with Crippen molar-refractivity contribution in [3.63, 3.8) is 0 Å². The molecule has 0 spiro atoms. The first-order valence-electron chi connectivity index (χ1n) is 6.28. The monoisotopic (exact) mass is 235 g/mol. The zero-order valence-electron chi connectivity index (χ0n) is 10.2. The molecule has 1 aromatic rings. The van der Waals surface area contributed by atoms with Crippen LogP contribution in [0.2, 0.25) is 0 Å². The highest BCUT2D eigenvalue weighted by Gasteiger charge is 2.41. The van der Waals surface area contributed by atoms with Crippen molar-refractivity contribution in [2.75, 3.05) is 13.2 Å². The average molecular weight is 235 g/mol. The van der Waals surface area contributed by atoms with Crippen LogP contribution in [-0.4, -0.2) is 23.4 Å². The fraction of sp³-hybridized carbons (Fsp3) is 0.571. The molecule has 0 amide bonds. The van der Waals surface area contributed by atoms with Gasteiger partial charge in [-0.2, -0.15) is 0 Å². The molecule has 0 bridgehead atoms. The third-order valence-electron chi connectivity index (χ3n) is 3.63. The van der Waals surface area contributed by atoms with Crippen molar-refractivity contribution in [3.8, 4) is 0 Å². The summed E-state index contributed by atoms with van der Waals surface area (Å²) in [4.78, 5) is 0. The Hall–Kier alpha value is -0.900. The van der Waals surface area contributed by atoms with Crippen molar-refractivity contribution < 1.29 is 10.2 Å². The van der Waals surface area contributed by atoms with Gasteiger partial charge < -0.3 is 15.5 Å². The first-order valence-corrected chi connectivity index (χ1v) is 6.28. The van der Waals surface area contributed by atoms with Crippen LogP contribution in [0.1, 0.15) is 30.4 Å². The van der Waals surface area contributed by atoms with Gasteiger partial charge in [-0.05, 0) is 35.8 Å². The molecule has 17 heavy (non-hydrogen) atoms.